The maximum absolute atomic E-state index is 12.4. The molecule has 0 aliphatic heterocycles. The zero-order chi connectivity index (χ0) is 18.5. The molecule has 25 heavy (non-hydrogen) atoms. The Labute approximate surface area is 159 Å². The van der Waals surface area contributed by atoms with Crippen molar-refractivity contribution in [3.05, 3.63) is 59.7 Å². The second kappa shape index (κ2) is 8.66. The third kappa shape index (κ3) is 6.09. The molecule has 0 bridgehead atoms. The molecule has 4 nitrogen and oxygen atoms in total. The van der Waals surface area contributed by atoms with Crippen molar-refractivity contribution in [3.8, 4) is 0 Å². The fourth-order valence-electron chi connectivity index (χ4n) is 1.94. The second-order valence-corrected chi connectivity index (χ2v) is 11.4. The van der Waals surface area contributed by atoms with Crippen LogP contribution in [0.2, 0.25) is 0 Å². The van der Waals surface area contributed by atoms with E-state index in [-0.39, 0.29) is 13.2 Å². The van der Waals surface area contributed by atoms with Gasteiger partial charge in [-0.1, -0.05) is 35.4 Å². The summed E-state index contributed by atoms with van der Waals surface area (Å²) in [5.41, 5.74) is 2.11. The van der Waals surface area contributed by atoms with Gasteiger partial charge >= 0.3 is 0 Å². The Balaban J connectivity index is 1.83. The molecule has 0 heterocycles. The van der Waals surface area contributed by atoms with Crippen molar-refractivity contribution in [1.82, 2.24) is 0 Å². The highest BCUT2D eigenvalue weighted by molar-refractivity contribution is 8.30. The Bertz CT molecular complexity index is 823. The predicted octanol–water partition coefficient (Wildman–Crippen LogP) is 3.47. The van der Waals surface area contributed by atoms with Crippen LogP contribution in [0.5, 0.6) is 0 Å². The summed E-state index contributed by atoms with van der Waals surface area (Å²) >= 11 is 10.1. The lowest BCUT2D eigenvalue weighted by molar-refractivity contribution is 0.274. The lowest BCUT2D eigenvalue weighted by Crippen LogP contribution is -2.11. The summed E-state index contributed by atoms with van der Waals surface area (Å²) in [7, 11) is -5.94. The largest absolute Gasteiger partial charge is 0.286 e. The van der Waals surface area contributed by atoms with Crippen LogP contribution in [0.15, 0.2) is 58.3 Å². The van der Waals surface area contributed by atoms with E-state index in [0.717, 1.165) is 11.1 Å². The van der Waals surface area contributed by atoms with Crippen LogP contribution in [-0.2, 0) is 48.3 Å². The molecule has 0 fully saturated rings. The van der Waals surface area contributed by atoms with Crippen LogP contribution in [0.4, 0.5) is 0 Å². The lowest BCUT2D eigenvalue weighted by Gasteiger charge is -2.10. The molecule has 8 heteroatoms. The van der Waals surface area contributed by atoms with Crippen molar-refractivity contribution in [2.45, 2.75) is 30.1 Å². The van der Waals surface area contributed by atoms with E-state index in [2.05, 4.69) is 0 Å². The summed E-state index contributed by atoms with van der Waals surface area (Å²) in [6.07, 6.45) is 0.388. The molecule has 2 atom stereocenters. The molecule has 0 aromatic heterocycles. The molecule has 2 aromatic carbocycles. The summed E-state index contributed by atoms with van der Waals surface area (Å²) in [4.78, 5) is 0.946. The van der Waals surface area contributed by atoms with E-state index >= 15 is 0 Å². The summed E-state index contributed by atoms with van der Waals surface area (Å²) in [5.74, 6) is 0. The average Bonchev–Trinajstić information content (AvgIpc) is 2.55. The quantitative estimate of drug-likeness (QED) is 0.614. The first kappa shape index (κ1) is 20.4. The van der Waals surface area contributed by atoms with E-state index in [4.69, 9.17) is 30.7 Å². The van der Waals surface area contributed by atoms with Crippen LogP contribution in [0.25, 0.3) is 0 Å². The molecule has 0 radical (unpaired) electrons. The van der Waals surface area contributed by atoms with Gasteiger partial charge in [-0.3, -0.25) is 8.37 Å². The molecule has 0 N–H and O–H groups in total. The first-order valence-corrected chi connectivity index (χ1v) is 12.4. The van der Waals surface area contributed by atoms with Gasteiger partial charge in [0.15, 0.2) is 17.5 Å². The molecule has 2 aromatic rings. The number of benzene rings is 2. The van der Waals surface area contributed by atoms with Crippen LogP contribution in [0.1, 0.15) is 17.5 Å². The van der Waals surface area contributed by atoms with E-state index in [0.29, 0.717) is 16.2 Å². The van der Waals surface area contributed by atoms with E-state index < -0.39 is 17.5 Å². The minimum Gasteiger partial charge on any atom is -0.286 e. The molecule has 0 spiro atoms. The van der Waals surface area contributed by atoms with Crippen molar-refractivity contribution in [2.24, 2.45) is 0 Å². The molecule has 0 saturated heterocycles. The van der Waals surface area contributed by atoms with Gasteiger partial charge in [0.05, 0.1) is 23.0 Å². The van der Waals surface area contributed by atoms with Crippen molar-refractivity contribution >= 4 is 39.9 Å². The van der Waals surface area contributed by atoms with E-state index in [1.165, 1.54) is 0 Å². The highest BCUT2D eigenvalue weighted by Crippen LogP contribution is 2.16. The van der Waals surface area contributed by atoms with Crippen molar-refractivity contribution in [3.63, 3.8) is 0 Å². The summed E-state index contributed by atoms with van der Waals surface area (Å²) in [5, 5.41) is 0. The van der Waals surface area contributed by atoms with E-state index in [9.17, 15) is 8.42 Å². The Morgan fingerprint density at radius 2 is 1.04 bits per heavy atom. The van der Waals surface area contributed by atoms with Crippen LogP contribution in [0, 0.1) is 13.8 Å². The van der Waals surface area contributed by atoms with Gasteiger partial charge in [-0.2, -0.15) is 0 Å². The van der Waals surface area contributed by atoms with Gasteiger partial charge in [-0.25, -0.2) is 8.42 Å². The molecular weight excluding hydrogens is 396 g/mol. The van der Waals surface area contributed by atoms with Crippen molar-refractivity contribution in [1.29, 1.82) is 0 Å². The maximum Gasteiger partial charge on any atom is 0.173 e. The molecule has 0 aliphatic carbocycles. The average molecular weight is 417 g/mol. The van der Waals surface area contributed by atoms with Gasteiger partial charge < -0.3 is 0 Å². The number of hydrogen-bond donors (Lipinski definition) is 0. The third-order valence-electron chi connectivity index (χ3n) is 3.38. The lowest BCUT2D eigenvalue weighted by atomic mass is 10.2. The van der Waals surface area contributed by atoms with Crippen LogP contribution < -0.4 is 0 Å². The SMILES string of the molecule is Cc1ccc(S(=O)(=S)OCCCOS(=O)(=S)c2ccc(C)cc2)cc1. The minimum atomic E-state index is -2.97. The van der Waals surface area contributed by atoms with Crippen LogP contribution >= 0.6 is 0 Å². The van der Waals surface area contributed by atoms with Gasteiger partial charge in [-0.15, -0.1) is 0 Å². The van der Waals surface area contributed by atoms with Crippen molar-refractivity contribution in [2.75, 3.05) is 13.2 Å². The van der Waals surface area contributed by atoms with Crippen LogP contribution in [-0.4, -0.2) is 21.6 Å². The van der Waals surface area contributed by atoms with Crippen LogP contribution in [0.3, 0.4) is 0 Å². The van der Waals surface area contributed by atoms with Gasteiger partial charge in [0.2, 0.25) is 0 Å². The molecule has 0 saturated carbocycles. The molecular formula is C17H20O4S4. The molecule has 0 aliphatic rings. The Hall–Kier alpha value is -0.900. The van der Waals surface area contributed by atoms with Crippen molar-refractivity contribution < 1.29 is 16.8 Å². The summed E-state index contributed by atoms with van der Waals surface area (Å²) < 4.78 is 35.4. The molecule has 136 valence electrons. The molecule has 0 amide bonds. The zero-order valence-electron chi connectivity index (χ0n) is 14.0. The summed E-state index contributed by atoms with van der Waals surface area (Å²) in [6, 6.07) is 14.2. The second-order valence-electron chi connectivity index (χ2n) is 5.53. The number of rotatable bonds is 8. The summed E-state index contributed by atoms with van der Waals surface area (Å²) in [6.45, 7) is 4.14. The smallest absolute Gasteiger partial charge is 0.173 e. The number of hydrogen-bond acceptors (Lipinski definition) is 6. The normalized spacial score (nSPS) is 16.1. The highest BCUT2D eigenvalue weighted by atomic mass is 32.8. The Morgan fingerprint density at radius 1 is 0.720 bits per heavy atom. The van der Waals surface area contributed by atoms with Gasteiger partial charge in [-0.05, 0) is 44.5 Å². The van der Waals surface area contributed by atoms with E-state index in [1.54, 1.807) is 24.3 Å². The fraction of sp³-hybridized carbons (Fsp3) is 0.294. The first-order valence-electron chi connectivity index (χ1n) is 7.63. The molecule has 2 unspecified atom stereocenters. The van der Waals surface area contributed by atoms with E-state index in [1.807, 2.05) is 38.1 Å². The predicted molar refractivity (Wildman–Crippen MR) is 106 cm³/mol. The first-order chi connectivity index (χ1) is 11.7. The monoisotopic (exact) mass is 416 g/mol. The maximum atomic E-state index is 12.4. The zero-order valence-corrected chi connectivity index (χ0v) is 17.3. The standard InChI is InChI=1S/C17H20O4S4/c1-14-4-8-16(9-5-14)24(18,22)20-12-3-13-21-25(19,23)17-10-6-15(2)7-11-17/h4-11H,3,12-13H2,1-2H3. The minimum absolute atomic E-state index is 0.134. The topological polar surface area (TPSA) is 52.6 Å². The third-order valence-corrected chi connectivity index (χ3v) is 7.77. The molecule has 2 rings (SSSR count). The Kier molecular flexibility index (Phi) is 7.07. The van der Waals surface area contributed by atoms with Gasteiger partial charge in [0.1, 0.15) is 0 Å². The number of aryl methyl sites for hydroxylation is 2. The van der Waals surface area contributed by atoms with Gasteiger partial charge in [0, 0.05) is 22.4 Å². The fourth-order valence-corrected chi connectivity index (χ4v) is 4.90. The Morgan fingerprint density at radius 3 is 1.36 bits per heavy atom. The highest BCUT2D eigenvalue weighted by Gasteiger charge is 2.12. The van der Waals surface area contributed by atoms with Gasteiger partial charge in [0.25, 0.3) is 0 Å².